The quantitative estimate of drug-likeness (QED) is 0.0115. The monoisotopic (exact) mass is 1700 g/mol. The Kier molecular flexibility index (Phi) is 138. The molecule has 0 radical (unpaired) electrons. The number of halogens is 2. The standard InChI is InChI=1S/C24H34O10S.C16H26O8S.C9H20O6.C7H7ClO2S.C4H5ClO.18CH4/c1-18(2)23(25)32-12-10-29-16-21(31-13-14-33-24(26)19(3)4)17-30-11-15-34-35(27,28)22-8-6-20(5)7-9-22;1-14-2-4-16(5-3-14)25(19,20)24-11-10-22-13-15(23-9-7-18)12-21-8-6-17;10-1-4-13-7-9(15-6-3-12)8-14-5-2-11;1-6-2-4-7(5-3-6)11(8,9)10;1-3(2)4(5)6;;;;;;;;;;;;;;;;;;/h6-9,21H,1,3,10-17H2,2,4-5H3;2-5,15,17-18H,6-13H2,1H3;9-12H,1-8H2;2-5H,1H3;1H2,2H3;18*1H4. The predicted octanol–water partition coefficient (Wildman–Crippen LogP) is 15.5. The molecule has 0 fully saturated rings. The van der Waals surface area contributed by atoms with E-state index in [0.717, 1.165) is 16.7 Å². The smallest absolute Gasteiger partial charge is 0.333 e. The number of benzene rings is 3. The molecule has 2 unspecified atom stereocenters. The first-order valence-electron chi connectivity index (χ1n) is 28.3. The highest BCUT2D eigenvalue weighted by atomic mass is 35.7. The lowest BCUT2D eigenvalue weighted by molar-refractivity contribution is -0.144. The van der Waals surface area contributed by atoms with Gasteiger partial charge in [0.25, 0.3) is 29.3 Å². The third-order valence-electron chi connectivity index (χ3n) is 10.4. The molecule has 0 aliphatic heterocycles. The molecular formula is C78H164Cl2O27S3. The summed E-state index contributed by atoms with van der Waals surface area (Å²) in [5.41, 5.74) is 3.85. The summed E-state index contributed by atoms with van der Waals surface area (Å²) in [6.07, 6.45) is -1.26. The Labute approximate surface area is 683 Å². The molecule has 0 amide bonds. The topological polar surface area (TPSA) is 375 Å². The Morgan fingerprint density at radius 3 is 0.764 bits per heavy atom. The molecule has 0 heterocycles. The molecule has 0 saturated heterocycles. The number of allylic oxidation sites excluding steroid dienone is 1. The summed E-state index contributed by atoms with van der Waals surface area (Å²) in [7, 11) is -6.15. The van der Waals surface area contributed by atoms with Crippen molar-refractivity contribution >= 4 is 68.8 Å². The fourth-order valence-corrected chi connectivity index (χ4v) is 8.35. The molecule has 3 aromatic rings. The Morgan fingerprint density at radius 1 is 0.336 bits per heavy atom. The van der Waals surface area contributed by atoms with E-state index in [0.29, 0.717) is 18.8 Å². The molecule has 0 aliphatic rings. The minimum atomic E-state index is -3.88. The molecule has 3 rings (SSSR count). The van der Waals surface area contributed by atoms with Gasteiger partial charge in [-0.25, -0.2) is 18.0 Å². The largest absolute Gasteiger partial charge is 0.460 e. The minimum Gasteiger partial charge on any atom is -0.460 e. The van der Waals surface area contributed by atoms with Crippen LogP contribution in [0.25, 0.3) is 0 Å². The van der Waals surface area contributed by atoms with Gasteiger partial charge >= 0.3 is 11.9 Å². The first kappa shape index (κ1) is 157. The van der Waals surface area contributed by atoms with Crippen molar-refractivity contribution in [1.82, 2.24) is 0 Å². The highest BCUT2D eigenvalue weighted by Crippen LogP contribution is 2.16. The van der Waals surface area contributed by atoms with Gasteiger partial charge in [0, 0.05) is 27.4 Å². The number of ether oxygens (including phenoxy) is 11. The summed E-state index contributed by atoms with van der Waals surface area (Å²) in [6, 6.07) is 19.1. The number of aliphatic hydroxyl groups excluding tert-OH is 5. The number of aryl methyl sites for hydroxylation is 3. The summed E-state index contributed by atoms with van der Waals surface area (Å²) in [4.78, 5) is 32.9. The van der Waals surface area contributed by atoms with Gasteiger partial charge in [-0.15, -0.1) is 0 Å². The van der Waals surface area contributed by atoms with Crippen molar-refractivity contribution in [2.24, 2.45) is 0 Å². The lowest BCUT2D eigenvalue weighted by Gasteiger charge is -2.18. The van der Waals surface area contributed by atoms with E-state index in [2.05, 4.69) is 19.7 Å². The van der Waals surface area contributed by atoms with Gasteiger partial charge < -0.3 is 77.6 Å². The van der Waals surface area contributed by atoms with Crippen LogP contribution in [0.15, 0.2) is 124 Å². The second-order valence-corrected chi connectivity index (χ2v) is 25.0. The normalized spacial score (nSPS) is 9.91. The van der Waals surface area contributed by atoms with E-state index >= 15 is 0 Å². The van der Waals surface area contributed by atoms with Crippen LogP contribution in [0.4, 0.5) is 0 Å². The van der Waals surface area contributed by atoms with Crippen LogP contribution in [-0.4, -0.2) is 245 Å². The lowest BCUT2D eigenvalue weighted by atomic mass is 10.2. The first-order chi connectivity index (χ1) is 43.5. The van der Waals surface area contributed by atoms with Crippen LogP contribution >= 0.6 is 22.3 Å². The number of carbonyl (C=O) groups is 3. The van der Waals surface area contributed by atoms with E-state index < -0.39 is 58.7 Å². The second-order valence-electron chi connectivity index (χ2n) is 18.9. The highest BCUT2D eigenvalue weighted by molar-refractivity contribution is 8.13. The Morgan fingerprint density at radius 2 is 0.545 bits per heavy atom. The fraction of sp³-hybridized carbons (Fsp3) is 0.654. The Hall–Kier alpha value is -4.72. The summed E-state index contributed by atoms with van der Waals surface area (Å²) >= 11 is 4.87. The number of esters is 2. The van der Waals surface area contributed by atoms with Crippen LogP contribution in [0.3, 0.4) is 0 Å². The molecule has 0 aromatic heterocycles. The number of hydrogen-bond acceptors (Lipinski definition) is 27. The van der Waals surface area contributed by atoms with Crippen molar-refractivity contribution in [1.29, 1.82) is 0 Å². The third-order valence-corrected chi connectivity index (χ3v) is 14.8. The summed E-state index contributed by atoms with van der Waals surface area (Å²) in [5, 5.41) is 42.6. The van der Waals surface area contributed by atoms with E-state index in [1.165, 1.54) is 43.3 Å². The van der Waals surface area contributed by atoms with E-state index in [1.54, 1.807) is 50.2 Å². The van der Waals surface area contributed by atoms with Crippen LogP contribution in [-0.2, 0) is 104 Å². The van der Waals surface area contributed by atoms with Gasteiger partial charge in [-0.05, 0) is 89.5 Å². The summed E-state index contributed by atoms with van der Waals surface area (Å²) < 4.78 is 137. The van der Waals surface area contributed by atoms with Crippen molar-refractivity contribution in [3.05, 3.63) is 126 Å². The van der Waals surface area contributed by atoms with Crippen LogP contribution in [0.2, 0.25) is 0 Å². The van der Waals surface area contributed by atoms with Crippen LogP contribution in [0.5, 0.6) is 0 Å². The van der Waals surface area contributed by atoms with E-state index in [-0.39, 0.29) is 311 Å². The molecule has 0 aliphatic carbocycles. The van der Waals surface area contributed by atoms with E-state index in [4.69, 9.17) is 108 Å². The number of rotatable bonds is 45. The zero-order valence-corrected chi connectivity index (χ0v) is 56.9. The third kappa shape index (κ3) is 87.2. The SMILES string of the molecule is C.C.C.C.C.C.C.C.C.C.C.C.C.C.C.C.C.C.C=C(C)C(=O)Cl.C=C(C)C(=O)OCCOCC(COCCOS(=O)(=O)c1ccc(C)cc1)OCCOC(=O)C(=C)C.Cc1ccc(S(=O)(=O)Cl)cc1.Cc1ccc(S(=O)(=O)OCCOCC(COCCO)OCCO)cc1.OCCOCC(COCCO)OCCO. The average molecular weight is 1700 g/mol. The Bertz CT molecular complexity index is 2810. The van der Waals surface area contributed by atoms with Crippen LogP contribution < -0.4 is 0 Å². The molecule has 670 valence electrons. The van der Waals surface area contributed by atoms with Gasteiger partial charge in [0.2, 0.25) is 5.24 Å². The average Bonchev–Trinajstić information content (AvgIpc) is 0.861. The van der Waals surface area contributed by atoms with Crippen molar-refractivity contribution in [2.45, 2.75) is 208 Å². The molecule has 3 aromatic carbocycles. The second kappa shape index (κ2) is 96.6. The molecule has 27 nitrogen and oxygen atoms in total. The van der Waals surface area contributed by atoms with Crippen molar-refractivity contribution < 1.29 is 126 Å². The lowest BCUT2D eigenvalue weighted by Crippen LogP contribution is -2.29. The maximum Gasteiger partial charge on any atom is 0.333 e. The maximum absolute atomic E-state index is 12.2. The molecule has 0 spiro atoms. The first-order valence-corrected chi connectivity index (χ1v) is 33.8. The van der Waals surface area contributed by atoms with Gasteiger partial charge in [-0.1, -0.05) is 207 Å². The summed E-state index contributed by atoms with van der Waals surface area (Å²) in [5.74, 6) is -1.03. The van der Waals surface area contributed by atoms with Gasteiger partial charge in [-0.2, -0.15) is 16.8 Å². The molecule has 5 N–H and O–H groups in total. The Balaban J connectivity index is -0.0000000534. The maximum atomic E-state index is 12.2. The van der Waals surface area contributed by atoms with Crippen LogP contribution in [0.1, 0.15) is 171 Å². The highest BCUT2D eigenvalue weighted by Gasteiger charge is 2.18. The van der Waals surface area contributed by atoms with E-state index in [1.807, 2.05) is 20.8 Å². The van der Waals surface area contributed by atoms with Gasteiger partial charge in [-0.3, -0.25) is 13.2 Å². The summed E-state index contributed by atoms with van der Waals surface area (Å²) in [6.45, 7) is 22.3. The van der Waals surface area contributed by atoms with Gasteiger partial charge in [0.15, 0.2) is 0 Å². The van der Waals surface area contributed by atoms with E-state index in [9.17, 15) is 39.6 Å². The van der Waals surface area contributed by atoms with Crippen LogP contribution in [0, 0.1) is 20.8 Å². The van der Waals surface area contributed by atoms with Crippen molar-refractivity contribution in [2.75, 3.05) is 159 Å². The molecule has 0 bridgehead atoms. The molecular weight excluding hydrogens is 1540 g/mol. The van der Waals surface area contributed by atoms with Crippen molar-refractivity contribution in [3.8, 4) is 0 Å². The zero-order chi connectivity index (χ0) is 69.8. The minimum absolute atomic E-state index is 0. The number of aliphatic hydroxyl groups is 5. The predicted molar refractivity (Wildman–Crippen MR) is 461 cm³/mol. The number of hydrogen-bond donors (Lipinski definition) is 5. The fourth-order valence-electron chi connectivity index (χ4n) is 5.79. The molecule has 110 heavy (non-hydrogen) atoms. The molecule has 2 atom stereocenters. The molecule has 0 saturated carbocycles. The van der Waals surface area contributed by atoms with Gasteiger partial charge in [0.1, 0.15) is 31.5 Å². The van der Waals surface area contributed by atoms with Gasteiger partial charge in [0.05, 0.1) is 160 Å². The zero-order valence-electron chi connectivity index (χ0n) is 53.0. The molecule has 32 heteroatoms. The van der Waals surface area contributed by atoms with Crippen molar-refractivity contribution in [3.63, 3.8) is 0 Å². The number of carbonyl (C=O) groups excluding carboxylic acids is 3.